The van der Waals surface area contributed by atoms with Crippen molar-refractivity contribution in [3.05, 3.63) is 42.0 Å². The highest BCUT2D eigenvalue weighted by Gasteiger charge is 2.09. The number of imidazole rings is 1. The van der Waals surface area contributed by atoms with Crippen LogP contribution in [0.15, 0.2) is 30.6 Å². The van der Waals surface area contributed by atoms with E-state index >= 15 is 0 Å². The number of hydrogen-bond donors (Lipinski definition) is 2. The van der Waals surface area contributed by atoms with Crippen molar-refractivity contribution in [2.24, 2.45) is 0 Å². The third-order valence-corrected chi connectivity index (χ3v) is 2.72. The molecule has 0 radical (unpaired) electrons. The zero-order valence-electron chi connectivity index (χ0n) is 10.1. The van der Waals surface area contributed by atoms with Gasteiger partial charge in [0.2, 0.25) is 0 Å². The molecule has 0 aliphatic rings. The van der Waals surface area contributed by atoms with E-state index in [1.54, 1.807) is 12.4 Å². The third kappa shape index (κ3) is 2.51. The fraction of sp³-hybridized carbons (Fsp3) is 0.231. The van der Waals surface area contributed by atoms with Gasteiger partial charge in [-0.1, -0.05) is 6.07 Å². The standard InChI is InChI=1S/C13H15N3O2/c1-9-2-3-11(10(14)8-9)16-7-6-15-12(16)4-5-13(17)18/h2-3,6-8H,4-5,14H2,1H3,(H,17,18). The van der Waals surface area contributed by atoms with Gasteiger partial charge in [-0.05, 0) is 24.6 Å². The second-order valence-corrected chi connectivity index (χ2v) is 4.17. The zero-order valence-corrected chi connectivity index (χ0v) is 10.1. The third-order valence-electron chi connectivity index (χ3n) is 2.72. The highest BCUT2D eigenvalue weighted by Crippen LogP contribution is 2.20. The summed E-state index contributed by atoms with van der Waals surface area (Å²) in [6, 6.07) is 5.76. The highest BCUT2D eigenvalue weighted by molar-refractivity contribution is 5.67. The first-order valence-corrected chi connectivity index (χ1v) is 5.68. The number of anilines is 1. The lowest BCUT2D eigenvalue weighted by Gasteiger charge is -2.10. The monoisotopic (exact) mass is 245 g/mol. The first-order chi connectivity index (χ1) is 8.58. The Labute approximate surface area is 105 Å². The Hall–Kier alpha value is -2.30. The van der Waals surface area contributed by atoms with Crippen LogP contribution < -0.4 is 5.73 Å². The number of carboxylic acid groups (broad SMARTS) is 1. The molecule has 0 fully saturated rings. The number of carbonyl (C=O) groups is 1. The van der Waals surface area contributed by atoms with E-state index < -0.39 is 5.97 Å². The Morgan fingerprint density at radius 1 is 1.50 bits per heavy atom. The SMILES string of the molecule is Cc1ccc(-n2ccnc2CCC(=O)O)c(N)c1. The van der Waals surface area contributed by atoms with E-state index in [-0.39, 0.29) is 6.42 Å². The van der Waals surface area contributed by atoms with Crippen LogP contribution in [-0.2, 0) is 11.2 Å². The highest BCUT2D eigenvalue weighted by atomic mass is 16.4. The largest absolute Gasteiger partial charge is 0.481 e. The van der Waals surface area contributed by atoms with Crippen molar-refractivity contribution in [3.8, 4) is 5.69 Å². The number of nitrogens with zero attached hydrogens (tertiary/aromatic N) is 2. The molecule has 0 atom stereocenters. The van der Waals surface area contributed by atoms with Crippen molar-refractivity contribution < 1.29 is 9.90 Å². The maximum absolute atomic E-state index is 10.6. The maximum atomic E-state index is 10.6. The number of aryl methyl sites for hydroxylation is 2. The predicted molar refractivity (Wildman–Crippen MR) is 68.7 cm³/mol. The van der Waals surface area contributed by atoms with Crippen LogP contribution >= 0.6 is 0 Å². The van der Waals surface area contributed by atoms with Crippen LogP contribution in [0.1, 0.15) is 17.8 Å². The van der Waals surface area contributed by atoms with E-state index in [1.165, 1.54) is 0 Å². The normalized spacial score (nSPS) is 10.5. The summed E-state index contributed by atoms with van der Waals surface area (Å²) in [5.74, 6) is -0.130. The average molecular weight is 245 g/mol. The van der Waals surface area contributed by atoms with Crippen LogP contribution in [0.4, 0.5) is 5.69 Å². The van der Waals surface area contributed by atoms with Crippen molar-refractivity contribution in [2.75, 3.05) is 5.73 Å². The minimum Gasteiger partial charge on any atom is -0.481 e. The summed E-state index contributed by atoms with van der Waals surface area (Å²) in [4.78, 5) is 14.8. The Bertz CT molecular complexity index is 575. The number of nitrogens with two attached hydrogens (primary N) is 1. The smallest absolute Gasteiger partial charge is 0.303 e. The molecule has 1 heterocycles. The van der Waals surface area contributed by atoms with Crippen LogP contribution in [0, 0.1) is 6.92 Å². The molecule has 0 saturated carbocycles. The summed E-state index contributed by atoms with van der Waals surface area (Å²) < 4.78 is 1.83. The molecule has 94 valence electrons. The Morgan fingerprint density at radius 2 is 2.28 bits per heavy atom. The van der Waals surface area contributed by atoms with Crippen molar-refractivity contribution in [3.63, 3.8) is 0 Å². The number of aromatic nitrogens is 2. The Kier molecular flexibility index (Phi) is 3.32. The number of aliphatic carboxylic acids is 1. The van der Waals surface area contributed by atoms with Crippen LogP contribution in [0.3, 0.4) is 0 Å². The second kappa shape index (κ2) is 4.91. The molecule has 0 aliphatic carbocycles. The molecular formula is C13H15N3O2. The lowest BCUT2D eigenvalue weighted by Crippen LogP contribution is -2.06. The van der Waals surface area contributed by atoms with Crippen molar-refractivity contribution in [1.29, 1.82) is 0 Å². The quantitative estimate of drug-likeness (QED) is 0.804. The lowest BCUT2D eigenvalue weighted by molar-refractivity contribution is -0.137. The van der Waals surface area contributed by atoms with E-state index in [9.17, 15) is 4.79 Å². The fourth-order valence-electron chi connectivity index (χ4n) is 1.85. The average Bonchev–Trinajstić information content (AvgIpc) is 2.74. The van der Waals surface area contributed by atoms with Gasteiger partial charge in [0.1, 0.15) is 5.82 Å². The molecule has 2 aromatic rings. The molecule has 0 aliphatic heterocycles. The zero-order chi connectivity index (χ0) is 13.1. The summed E-state index contributed by atoms with van der Waals surface area (Å²) in [6.07, 6.45) is 3.88. The van der Waals surface area contributed by atoms with Gasteiger partial charge in [0.25, 0.3) is 0 Å². The fourth-order valence-corrected chi connectivity index (χ4v) is 1.85. The minimum absolute atomic E-state index is 0.0583. The van der Waals surface area contributed by atoms with Crippen molar-refractivity contribution in [1.82, 2.24) is 9.55 Å². The van der Waals surface area contributed by atoms with Gasteiger partial charge in [0.05, 0.1) is 17.8 Å². The van der Waals surface area contributed by atoms with E-state index in [2.05, 4.69) is 4.98 Å². The van der Waals surface area contributed by atoms with E-state index in [0.717, 1.165) is 11.3 Å². The van der Waals surface area contributed by atoms with E-state index in [1.807, 2.05) is 29.7 Å². The van der Waals surface area contributed by atoms with E-state index in [0.29, 0.717) is 17.9 Å². The molecule has 18 heavy (non-hydrogen) atoms. The first-order valence-electron chi connectivity index (χ1n) is 5.68. The molecular weight excluding hydrogens is 230 g/mol. The lowest BCUT2D eigenvalue weighted by atomic mass is 10.2. The number of carboxylic acids is 1. The van der Waals surface area contributed by atoms with Gasteiger partial charge in [0, 0.05) is 18.8 Å². The number of benzene rings is 1. The van der Waals surface area contributed by atoms with E-state index in [4.69, 9.17) is 10.8 Å². The van der Waals surface area contributed by atoms with Crippen LogP contribution in [0.25, 0.3) is 5.69 Å². The molecule has 0 unspecified atom stereocenters. The van der Waals surface area contributed by atoms with Crippen molar-refractivity contribution >= 4 is 11.7 Å². The second-order valence-electron chi connectivity index (χ2n) is 4.17. The molecule has 1 aromatic carbocycles. The molecule has 5 nitrogen and oxygen atoms in total. The predicted octanol–water partition coefficient (Wildman–Crippen LogP) is 1.78. The summed E-state index contributed by atoms with van der Waals surface area (Å²) in [5, 5.41) is 8.70. The Morgan fingerprint density at radius 3 is 2.94 bits per heavy atom. The molecule has 0 amide bonds. The maximum Gasteiger partial charge on any atom is 0.303 e. The van der Waals surface area contributed by atoms with Gasteiger partial charge >= 0.3 is 5.97 Å². The van der Waals surface area contributed by atoms with Gasteiger partial charge in [-0.2, -0.15) is 0 Å². The molecule has 0 saturated heterocycles. The molecule has 2 rings (SSSR count). The summed E-state index contributed by atoms with van der Waals surface area (Å²) in [5.41, 5.74) is 8.55. The van der Waals surface area contributed by atoms with Gasteiger partial charge in [-0.15, -0.1) is 0 Å². The van der Waals surface area contributed by atoms with Gasteiger partial charge in [-0.25, -0.2) is 4.98 Å². The number of rotatable bonds is 4. The first kappa shape index (κ1) is 12.2. The minimum atomic E-state index is -0.832. The van der Waals surface area contributed by atoms with Crippen LogP contribution in [-0.4, -0.2) is 20.6 Å². The summed E-state index contributed by atoms with van der Waals surface area (Å²) in [7, 11) is 0. The summed E-state index contributed by atoms with van der Waals surface area (Å²) in [6.45, 7) is 1.97. The van der Waals surface area contributed by atoms with Gasteiger partial charge in [0.15, 0.2) is 0 Å². The molecule has 0 spiro atoms. The molecule has 3 N–H and O–H groups in total. The number of nitrogen functional groups attached to an aromatic ring is 1. The Balaban J connectivity index is 2.33. The molecule has 1 aromatic heterocycles. The number of hydrogen-bond acceptors (Lipinski definition) is 3. The molecule has 5 heteroatoms. The topological polar surface area (TPSA) is 81.1 Å². The van der Waals surface area contributed by atoms with Crippen LogP contribution in [0.5, 0.6) is 0 Å². The van der Waals surface area contributed by atoms with Crippen molar-refractivity contribution in [2.45, 2.75) is 19.8 Å². The van der Waals surface area contributed by atoms with Gasteiger partial charge in [-0.3, -0.25) is 4.79 Å². The van der Waals surface area contributed by atoms with Crippen LogP contribution in [0.2, 0.25) is 0 Å². The summed E-state index contributed by atoms with van der Waals surface area (Å²) >= 11 is 0. The molecule has 0 bridgehead atoms. The van der Waals surface area contributed by atoms with Gasteiger partial charge < -0.3 is 15.4 Å².